The lowest BCUT2D eigenvalue weighted by Gasteiger charge is -2.16. The van der Waals surface area contributed by atoms with Gasteiger partial charge in [0, 0.05) is 22.1 Å². The molecule has 5 nitrogen and oxygen atoms in total. The minimum Gasteiger partial charge on any atom is -0.480 e. The van der Waals surface area contributed by atoms with Crippen molar-refractivity contribution in [3.8, 4) is 0 Å². The summed E-state index contributed by atoms with van der Waals surface area (Å²) in [5, 5.41) is 13.8. The molecule has 4 aromatic rings. The molecule has 3 aromatic carbocycles. The molecular weight excluding hydrogens is 399 g/mol. The molecule has 0 unspecified atom stereocenters. The average Bonchev–Trinajstić information content (AvgIpc) is 2.68. The molecule has 1 aromatic heterocycles. The van der Waals surface area contributed by atoms with Crippen LogP contribution in [0.4, 0.5) is 11.4 Å². The van der Waals surface area contributed by atoms with Crippen LogP contribution in [0.1, 0.15) is 0 Å². The van der Waals surface area contributed by atoms with E-state index < -0.39 is 5.97 Å². The maximum absolute atomic E-state index is 13.0. The number of hydrogen-bond donors (Lipinski definition) is 2. The zero-order valence-electron chi connectivity index (χ0n) is 14.4. The van der Waals surface area contributed by atoms with Crippen LogP contribution in [0.5, 0.6) is 0 Å². The van der Waals surface area contributed by atoms with E-state index in [1.807, 2.05) is 30.3 Å². The summed E-state index contributed by atoms with van der Waals surface area (Å²) in [4.78, 5) is 24.5. The molecule has 7 heteroatoms. The Morgan fingerprint density at radius 2 is 1.68 bits per heavy atom. The molecule has 0 radical (unpaired) electrons. The molecule has 0 aliphatic heterocycles. The Balaban J connectivity index is 2.04. The Bertz CT molecular complexity index is 1280. The van der Waals surface area contributed by atoms with Gasteiger partial charge < -0.3 is 15.0 Å². The number of aromatic nitrogens is 1. The number of pyridine rings is 1. The third-order valence-corrected chi connectivity index (χ3v) is 5.27. The van der Waals surface area contributed by atoms with Crippen LogP contribution in [0.3, 0.4) is 0 Å². The van der Waals surface area contributed by atoms with E-state index in [1.165, 1.54) is 10.6 Å². The van der Waals surface area contributed by atoms with E-state index in [-0.39, 0.29) is 22.0 Å². The molecule has 28 heavy (non-hydrogen) atoms. The Morgan fingerprint density at radius 1 is 0.964 bits per heavy atom. The van der Waals surface area contributed by atoms with Crippen LogP contribution in [-0.2, 0) is 11.3 Å². The minimum atomic E-state index is -1.05. The first-order valence-corrected chi connectivity index (χ1v) is 9.19. The SMILES string of the molecule is O=C(O)Cn1c2cc(Nc3ccccc3)ccc2c(=O)c2ccc(Cl)c(Cl)c21. The number of halogens is 2. The number of aliphatic carboxylic acids is 1. The van der Waals surface area contributed by atoms with Crippen molar-refractivity contribution in [2.75, 3.05) is 5.32 Å². The fourth-order valence-corrected chi connectivity index (χ4v) is 3.68. The number of carboxylic acids is 1. The first-order valence-electron chi connectivity index (χ1n) is 8.44. The van der Waals surface area contributed by atoms with Gasteiger partial charge in [-0.05, 0) is 42.5 Å². The molecule has 0 atom stereocenters. The predicted octanol–water partition coefficient (Wildman–Crippen LogP) is 5.29. The highest BCUT2D eigenvalue weighted by molar-refractivity contribution is 6.45. The van der Waals surface area contributed by atoms with Crippen molar-refractivity contribution in [1.82, 2.24) is 4.57 Å². The van der Waals surface area contributed by atoms with Gasteiger partial charge in [-0.1, -0.05) is 41.4 Å². The molecule has 0 saturated carbocycles. The number of nitrogens with zero attached hydrogens (tertiary/aromatic N) is 1. The summed E-state index contributed by atoms with van der Waals surface area (Å²) in [5.41, 5.74) is 2.14. The number of nitrogens with one attached hydrogen (secondary N) is 1. The molecule has 0 saturated heterocycles. The molecule has 2 N–H and O–H groups in total. The average molecular weight is 413 g/mol. The number of anilines is 2. The molecule has 0 amide bonds. The van der Waals surface area contributed by atoms with Crippen LogP contribution in [0.25, 0.3) is 21.8 Å². The van der Waals surface area contributed by atoms with Crippen LogP contribution >= 0.6 is 23.2 Å². The number of benzene rings is 3. The van der Waals surface area contributed by atoms with E-state index in [9.17, 15) is 14.7 Å². The maximum Gasteiger partial charge on any atom is 0.323 e. The summed E-state index contributed by atoms with van der Waals surface area (Å²) in [6, 6.07) is 17.8. The molecule has 0 aliphatic rings. The highest BCUT2D eigenvalue weighted by Crippen LogP contribution is 2.32. The van der Waals surface area contributed by atoms with Gasteiger partial charge in [-0.2, -0.15) is 0 Å². The van der Waals surface area contributed by atoms with Crippen molar-refractivity contribution >= 4 is 62.4 Å². The van der Waals surface area contributed by atoms with Gasteiger partial charge in [-0.25, -0.2) is 0 Å². The lowest BCUT2D eigenvalue weighted by molar-refractivity contribution is -0.137. The molecular formula is C21H14Cl2N2O3. The van der Waals surface area contributed by atoms with Crippen LogP contribution in [0.2, 0.25) is 10.0 Å². The van der Waals surface area contributed by atoms with Crippen molar-refractivity contribution in [3.05, 3.63) is 80.9 Å². The summed E-state index contributed by atoms with van der Waals surface area (Å²) >= 11 is 12.5. The van der Waals surface area contributed by atoms with Crippen molar-refractivity contribution in [2.24, 2.45) is 0 Å². The molecule has 4 rings (SSSR count). The van der Waals surface area contributed by atoms with Gasteiger partial charge in [-0.15, -0.1) is 0 Å². The number of carboxylic acid groups (broad SMARTS) is 1. The van der Waals surface area contributed by atoms with Gasteiger partial charge in [0.05, 0.1) is 21.1 Å². The zero-order chi connectivity index (χ0) is 19.8. The van der Waals surface area contributed by atoms with E-state index in [4.69, 9.17) is 23.2 Å². The summed E-state index contributed by atoms with van der Waals surface area (Å²) in [5.74, 6) is -1.05. The highest BCUT2D eigenvalue weighted by atomic mass is 35.5. The second kappa shape index (κ2) is 7.19. The summed E-state index contributed by atoms with van der Waals surface area (Å²) in [6.45, 7) is -0.359. The molecule has 0 bridgehead atoms. The Morgan fingerprint density at radius 3 is 2.39 bits per heavy atom. The van der Waals surface area contributed by atoms with E-state index in [2.05, 4.69) is 5.32 Å². The van der Waals surface area contributed by atoms with Crippen LogP contribution < -0.4 is 10.7 Å². The van der Waals surface area contributed by atoms with Crippen LogP contribution in [0, 0.1) is 0 Å². The highest BCUT2D eigenvalue weighted by Gasteiger charge is 2.17. The monoisotopic (exact) mass is 412 g/mol. The van der Waals surface area contributed by atoms with Crippen LogP contribution in [-0.4, -0.2) is 15.6 Å². The summed E-state index contributed by atoms with van der Waals surface area (Å²) in [6.07, 6.45) is 0. The smallest absolute Gasteiger partial charge is 0.323 e. The summed E-state index contributed by atoms with van der Waals surface area (Å²) in [7, 11) is 0. The Hall–Kier alpha value is -3.02. The molecule has 140 valence electrons. The fraction of sp³-hybridized carbons (Fsp3) is 0.0476. The van der Waals surface area contributed by atoms with Gasteiger partial charge in [-0.3, -0.25) is 9.59 Å². The van der Waals surface area contributed by atoms with Gasteiger partial charge in [0.25, 0.3) is 0 Å². The van der Waals surface area contributed by atoms with Gasteiger partial charge in [0.2, 0.25) is 0 Å². The third-order valence-electron chi connectivity index (χ3n) is 4.47. The standard InChI is InChI=1S/C21H14Cl2N2O3/c22-16-9-8-15-20(19(16)23)25(11-18(26)27)17-10-13(6-7-14(17)21(15)28)24-12-4-2-1-3-5-12/h1-10,24H,11H2,(H,26,27). The molecule has 0 aliphatic carbocycles. The van der Waals surface area contributed by atoms with Crippen LogP contribution in [0.15, 0.2) is 65.5 Å². The first-order chi connectivity index (χ1) is 13.5. The van der Waals surface area contributed by atoms with E-state index in [0.717, 1.165) is 11.4 Å². The van der Waals surface area contributed by atoms with Crippen molar-refractivity contribution < 1.29 is 9.90 Å². The Kier molecular flexibility index (Phi) is 4.71. The maximum atomic E-state index is 13.0. The normalized spacial score (nSPS) is 11.1. The largest absolute Gasteiger partial charge is 0.480 e. The number of fused-ring (bicyclic) bond motifs is 2. The van der Waals surface area contributed by atoms with Gasteiger partial charge >= 0.3 is 5.97 Å². The number of para-hydroxylation sites is 1. The summed E-state index contributed by atoms with van der Waals surface area (Å²) < 4.78 is 1.51. The van der Waals surface area contributed by atoms with Crippen molar-refractivity contribution in [1.29, 1.82) is 0 Å². The third kappa shape index (κ3) is 3.19. The van der Waals surface area contributed by atoms with E-state index in [0.29, 0.717) is 21.8 Å². The number of hydrogen-bond acceptors (Lipinski definition) is 3. The topological polar surface area (TPSA) is 71.3 Å². The predicted molar refractivity (Wildman–Crippen MR) is 113 cm³/mol. The zero-order valence-corrected chi connectivity index (χ0v) is 16.0. The van der Waals surface area contributed by atoms with E-state index in [1.54, 1.807) is 24.3 Å². The Labute approximate surface area is 169 Å². The fourth-order valence-electron chi connectivity index (χ4n) is 3.26. The van der Waals surface area contributed by atoms with Crippen molar-refractivity contribution in [2.45, 2.75) is 6.54 Å². The lowest BCUT2D eigenvalue weighted by Crippen LogP contribution is -2.16. The van der Waals surface area contributed by atoms with Gasteiger partial charge in [0.15, 0.2) is 5.43 Å². The molecule has 0 fully saturated rings. The van der Waals surface area contributed by atoms with Crippen molar-refractivity contribution in [3.63, 3.8) is 0 Å². The minimum absolute atomic E-state index is 0.154. The van der Waals surface area contributed by atoms with Gasteiger partial charge in [0.1, 0.15) is 6.54 Å². The number of rotatable bonds is 4. The quantitative estimate of drug-likeness (QED) is 0.446. The second-order valence-electron chi connectivity index (χ2n) is 6.29. The van der Waals surface area contributed by atoms with E-state index >= 15 is 0 Å². The first kappa shape index (κ1) is 18.3. The lowest BCUT2D eigenvalue weighted by atomic mass is 10.1. The second-order valence-corrected chi connectivity index (χ2v) is 7.07. The number of carbonyl (C=O) groups is 1. The molecule has 1 heterocycles. The molecule has 0 spiro atoms.